The molecule has 1 aliphatic rings. The Morgan fingerprint density at radius 1 is 1.28 bits per heavy atom. The molecule has 1 heterocycles. The van der Waals surface area contributed by atoms with E-state index in [1.807, 2.05) is 51.1 Å². The van der Waals surface area contributed by atoms with Crippen LogP contribution in [-0.4, -0.2) is 17.8 Å². The average molecular weight is 244 g/mol. The van der Waals surface area contributed by atoms with Gasteiger partial charge in [0.05, 0.1) is 0 Å². The van der Waals surface area contributed by atoms with Gasteiger partial charge in [0.2, 0.25) is 0 Å². The first-order valence-corrected chi connectivity index (χ1v) is 5.79. The largest absolute Gasteiger partial charge is 0.455 e. The maximum absolute atomic E-state index is 12.1. The summed E-state index contributed by atoms with van der Waals surface area (Å²) in [6.07, 6.45) is 3.47. The van der Waals surface area contributed by atoms with E-state index in [9.17, 15) is 4.79 Å². The number of hydrogen-bond acceptors (Lipinski definition) is 4. The number of ether oxygens (including phenoxy) is 1. The van der Waals surface area contributed by atoms with Crippen molar-refractivity contribution in [2.24, 2.45) is 5.10 Å². The van der Waals surface area contributed by atoms with Crippen LogP contribution in [0.15, 0.2) is 29.4 Å². The molecule has 0 spiro atoms. The molecule has 0 saturated carbocycles. The molecule has 1 aliphatic heterocycles. The Morgan fingerprint density at radius 3 is 2.72 bits per heavy atom. The van der Waals surface area contributed by atoms with E-state index in [0.717, 1.165) is 10.4 Å². The zero-order valence-corrected chi connectivity index (χ0v) is 10.7. The molecule has 1 aromatic rings. The summed E-state index contributed by atoms with van der Waals surface area (Å²) in [6, 6.07) is 7.59. The first-order chi connectivity index (χ1) is 8.47. The fraction of sp³-hybridized carbons (Fsp3) is 0.286. The molecule has 0 aliphatic carbocycles. The zero-order valence-electron chi connectivity index (χ0n) is 10.7. The van der Waals surface area contributed by atoms with Crippen molar-refractivity contribution in [1.82, 2.24) is 5.43 Å². The van der Waals surface area contributed by atoms with Gasteiger partial charge in [-0.05, 0) is 32.1 Å². The molecular formula is C14H16N2O2. The number of rotatable bonds is 1. The highest BCUT2D eigenvalue weighted by Gasteiger charge is 2.20. The number of nitrogens with one attached hydrogen (secondary N) is 1. The lowest BCUT2D eigenvalue weighted by Crippen LogP contribution is -2.36. The summed E-state index contributed by atoms with van der Waals surface area (Å²) in [6.45, 7) is 5.51. The van der Waals surface area contributed by atoms with Crippen molar-refractivity contribution in [1.29, 1.82) is 0 Å². The summed E-state index contributed by atoms with van der Waals surface area (Å²) in [5.74, 6) is -0.401. The maximum Gasteiger partial charge on any atom is 0.357 e. The van der Waals surface area contributed by atoms with Crippen LogP contribution in [0, 0.1) is 0 Å². The van der Waals surface area contributed by atoms with E-state index < -0.39 is 11.6 Å². The number of carbonyl (C=O) groups is 1. The van der Waals surface area contributed by atoms with E-state index >= 15 is 0 Å². The van der Waals surface area contributed by atoms with Crippen LogP contribution in [0.5, 0.6) is 0 Å². The summed E-state index contributed by atoms with van der Waals surface area (Å²) in [5, 5.41) is 5.68. The second-order valence-corrected chi connectivity index (χ2v) is 5.02. The smallest absolute Gasteiger partial charge is 0.357 e. The lowest BCUT2D eigenvalue weighted by Gasteiger charge is -2.20. The minimum absolute atomic E-state index is 0.366. The molecule has 4 nitrogen and oxygen atoms in total. The Morgan fingerprint density at radius 2 is 2.00 bits per heavy atom. The molecule has 2 rings (SSSR count). The highest BCUT2D eigenvalue weighted by molar-refractivity contribution is 6.09. The Labute approximate surface area is 106 Å². The molecule has 0 radical (unpaired) electrons. The number of fused-ring (bicyclic) bond motifs is 1. The summed E-state index contributed by atoms with van der Waals surface area (Å²) in [7, 11) is 0. The predicted molar refractivity (Wildman–Crippen MR) is 71.0 cm³/mol. The fourth-order valence-corrected chi connectivity index (χ4v) is 1.63. The molecule has 0 atom stereocenters. The van der Waals surface area contributed by atoms with Crippen LogP contribution >= 0.6 is 0 Å². The van der Waals surface area contributed by atoms with E-state index in [1.165, 1.54) is 0 Å². The predicted octanol–water partition coefficient (Wildman–Crippen LogP) is 0.506. The number of esters is 1. The third kappa shape index (κ3) is 2.77. The first kappa shape index (κ1) is 12.4. The monoisotopic (exact) mass is 244 g/mol. The van der Waals surface area contributed by atoms with Crippen LogP contribution in [-0.2, 0) is 9.53 Å². The van der Waals surface area contributed by atoms with Gasteiger partial charge in [-0.2, -0.15) is 5.10 Å². The quantitative estimate of drug-likeness (QED) is 0.732. The second kappa shape index (κ2) is 4.64. The summed E-state index contributed by atoms with van der Waals surface area (Å²) in [4.78, 5) is 12.1. The Hall–Kier alpha value is -2.10. The molecule has 18 heavy (non-hydrogen) atoms. The van der Waals surface area contributed by atoms with Gasteiger partial charge in [-0.15, -0.1) is 0 Å². The Balaban J connectivity index is 2.53. The van der Waals surface area contributed by atoms with Crippen molar-refractivity contribution in [3.63, 3.8) is 0 Å². The number of hydrazone groups is 1. The van der Waals surface area contributed by atoms with Gasteiger partial charge >= 0.3 is 5.97 Å². The molecule has 0 bridgehead atoms. The van der Waals surface area contributed by atoms with E-state index in [0.29, 0.717) is 5.70 Å². The van der Waals surface area contributed by atoms with Crippen molar-refractivity contribution < 1.29 is 9.53 Å². The van der Waals surface area contributed by atoms with Gasteiger partial charge < -0.3 is 4.74 Å². The van der Waals surface area contributed by atoms with Crippen LogP contribution in [0.3, 0.4) is 0 Å². The second-order valence-electron chi connectivity index (χ2n) is 5.02. The van der Waals surface area contributed by atoms with Gasteiger partial charge in [-0.3, -0.25) is 5.43 Å². The van der Waals surface area contributed by atoms with Crippen molar-refractivity contribution in [2.45, 2.75) is 26.4 Å². The van der Waals surface area contributed by atoms with Crippen molar-refractivity contribution in [2.75, 3.05) is 0 Å². The minimum atomic E-state index is -0.527. The van der Waals surface area contributed by atoms with Gasteiger partial charge in [0.15, 0.2) is 0 Å². The molecular weight excluding hydrogens is 228 g/mol. The van der Waals surface area contributed by atoms with Gasteiger partial charge in [-0.1, -0.05) is 24.3 Å². The Bertz CT molecular complexity index is 609. The molecule has 0 unspecified atom stereocenters. The average Bonchev–Trinajstić information content (AvgIpc) is 2.48. The van der Waals surface area contributed by atoms with Crippen LogP contribution in [0.4, 0.5) is 0 Å². The Kier molecular flexibility index (Phi) is 3.19. The number of hydrogen-bond donors (Lipinski definition) is 1. The first-order valence-electron chi connectivity index (χ1n) is 5.79. The molecule has 1 aromatic carbocycles. The lowest BCUT2D eigenvalue weighted by atomic mass is 10.1. The van der Waals surface area contributed by atoms with Crippen molar-refractivity contribution >= 4 is 24.0 Å². The van der Waals surface area contributed by atoms with E-state index in [2.05, 4.69) is 10.5 Å². The van der Waals surface area contributed by atoms with E-state index in [-0.39, 0.29) is 0 Å². The third-order valence-electron chi connectivity index (χ3n) is 2.34. The molecule has 94 valence electrons. The number of carbonyl (C=O) groups excluding carboxylic acids is 1. The molecule has 0 saturated heterocycles. The summed E-state index contributed by atoms with van der Waals surface area (Å²) in [5.41, 5.74) is 2.58. The third-order valence-corrected chi connectivity index (χ3v) is 2.34. The SMILES string of the molecule is CC(C)(C)OC(=O)C1=c2ccccc2=CC=NN1. The van der Waals surface area contributed by atoms with Crippen LogP contribution < -0.4 is 15.9 Å². The highest BCUT2D eigenvalue weighted by Crippen LogP contribution is 2.09. The van der Waals surface area contributed by atoms with Crippen LogP contribution in [0.1, 0.15) is 20.8 Å². The molecule has 4 heteroatoms. The maximum atomic E-state index is 12.1. The zero-order chi connectivity index (χ0) is 13.2. The summed E-state index contributed by atoms with van der Waals surface area (Å²) >= 11 is 0. The van der Waals surface area contributed by atoms with Crippen molar-refractivity contribution in [3.8, 4) is 0 Å². The lowest BCUT2D eigenvalue weighted by molar-refractivity contribution is -0.147. The van der Waals surface area contributed by atoms with Crippen molar-refractivity contribution in [3.05, 3.63) is 34.7 Å². The molecule has 0 fully saturated rings. The fourth-order valence-electron chi connectivity index (χ4n) is 1.63. The van der Waals surface area contributed by atoms with Gasteiger partial charge in [0.1, 0.15) is 11.3 Å². The molecule has 0 aromatic heterocycles. The van der Waals surface area contributed by atoms with Gasteiger partial charge in [-0.25, -0.2) is 4.79 Å². The normalized spacial score (nSPS) is 14.1. The molecule has 0 amide bonds. The van der Waals surface area contributed by atoms with Gasteiger partial charge in [0.25, 0.3) is 0 Å². The molecule has 1 N–H and O–H groups in total. The minimum Gasteiger partial charge on any atom is -0.455 e. The van der Waals surface area contributed by atoms with Crippen LogP contribution in [0.25, 0.3) is 11.8 Å². The van der Waals surface area contributed by atoms with E-state index in [1.54, 1.807) is 6.21 Å². The standard InChI is InChI=1S/C14H16N2O2/c1-14(2,3)18-13(17)12-11-7-5-4-6-10(11)8-9-15-16-12/h4-9,16H,1-3H3. The van der Waals surface area contributed by atoms with Crippen LogP contribution in [0.2, 0.25) is 0 Å². The highest BCUT2D eigenvalue weighted by atomic mass is 16.6. The summed E-state index contributed by atoms with van der Waals surface area (Å²) < 4.78 is 5.36. The number of benzene rings is 1. The topological polar surface area (TPSA) is 50.7 Å². The number of nitrogens with zero attached hydrogens (tertiary/aromatic N) is 1. The van der Waals surface area contributed by atoms with Gasteiger partial charge in [0, 0.05) is 11.4 Å². The van der Waals surface area contributed by atoms with E-state index in [4.69, 9.17) is 4.74 Å².